The van der Waals surface area contributed by atoms with E-state index in [0.29, 0.717) is 13.0 Å². The lowest BCUT2D eigenvalue weighted by molar-refractivity contribution is -0.497. The number of nitrogens with zero attached hydrogens (tertiary/aromatic N) is 2. The fraction of sp³-hybridized carbons (Fsp3) is 0.933. The van der Waals surface area contributed by atoms with Crippen molar-refractivity contribution in [1.82, 2.24) is 10.2 Å². The molecule has 22 heavy (non-hydrogen) atoms. The highest BCUT2D eigenvalue weighted by Crippen LogP contribution is 2.36. The van der Waals surface area contributed by atoms with E-state index >= 15 is 0 Å². The van der Waals surface area contributed by atoms with Gasteiger partial charge in [-0.3, -0.25) is 19.8 Å². The average molecular weight is 311 g/mol. The summed E-state index contributed by atoms with van der Waals surface area (Å²) in [5.41, 5.74) is 0.0245. The highest BCUT2D eigenvalue weighted by Gasteiger charge is 2.53. The molecule has 2 atom stereocenters. The number of hydrogen-bond acceptors (Lipinski definition) is 5. The molecule has 2 unspecified atom stereocenters. The molecule has 0 bridgehead atoms. The molecule has 1 aliphatic heterocycles. The summed E-state index contributed by atoms with van der Waals surface area (Å²) in [4.78, 5) is 25.0. The van der Waals surface area contributed by atoms with Crippen LogP contribution in [-0.2, 0) is 9.53 Å². The number of carbonyl (C=O) groups excluding carboxylic acids is 1. The molecule has 0 spiro atoms. The number of nitrogens with one attached hydrogen (secondary N) is 1. The van der Waals surface area contributed by atoms with Crippen LogP contribution in [0.4, 0.5) is 0 Å². The van der Waals surface area contributed by atoms with Gasteiger partial charge in [-0.15, -0.1) is 0 Å². The monoisotopic (exact) mass is 311 g/mol. The highest BCUT2D eigenvalue weighted by atomic mass is 16.6. The second-order valence-corrected chi connectivity index (χ2v) is 6.80. The van der Waals surface area contributed by atoms with E-state index < -0.39 is 12.0 Å². The third-order valence-electron chi connectivity index (χ3n) is 5.42. The van der Waals surface area contributed by atoms with Crippen LogP contribution < -0.4 is 5.32 Å². The zero-order valence-corrected chi connectivity index (χ0v) is 13.0. The maximum absolute atomic E-state index is 12.1. The molecule has 2 aliphatic carbocycles. The molecule has 1 amide bonds. The van der Waals surface area contributed by atoms with Crippen LogP contribution in [0.2, 0.25) is 0 Å². The fourth-order valence-electron chi connectivity index (χ4n) is 3.93. The largest absolute Gasteiger partial charge is 0.379 e. The average Bonchev–Trinajstić information content (AvgIpc) is 3.35. The predicted octanol–water partition coefficient (Wildman–Crippen LogP) is 0.803. The molecule has 124 valence electrons. The van der Waals surface area contributed by atoms with Gasteiger partial charge in [-0.25, -0.2) is 0 Å². The summed E-state index contributed by atoms with van der Waals surface area (Å²) in [5.74, 6) is -0.555. The zero-order chi connectivity index (χ0) is 15.6. The Morgan fingerprint density at radius 1 is 1.27 bits per heavy atom. The summed E-state index contributed by atoms with van der Waals surface area (Å²) >= 11 is 0. The summed E-state index contributed by atoms with van der Waals surface area (Å²) in [7, 11) is 0. The fourth-order valence-corrected chi connectivity index (χ4v) is 3.93. The van der Waals surface area contributed by atoms with Crippen LogP contribution in [0.15, 0.2) is 0 Å². The number of amides is 1. The van der Waals surface area contributed by atoms with Gasteiger partial charge in [-0.05, 0) is 12.8 Å². The van der Waals surface area contributed by atoms with Gasteiger partial charge in [0.05, 0.1) is 13.2 Å². The Hall–Kier alpha value is -1.21. The Morgan fingerprint density at radius 2 is 1.95 bits per heavy atom. The lowest BCUT2D eigenvalue weighted by atomic mass is 9.79. The zero-order valence-electron chi connectivity index (χ0n) is 13.0. The van der Waals surface area contributed by atoms with Crippen molar-refractivity contribution < 1.29 is 14.5 Å². The molecule has 0 radical (unpaired) electrons. The van der Waals surface area contributed by atoms with E-state index in [4.69, 9.17) is 4.74 Å². The summed E-state index contributed by atoms with van der Waals surface area (Å²) in [5, 5.41) is 13.7. The minimum atomic E-state index is -0.661. The number of nitro groups is 1. The Balaban J connectivity index is 1.58. The van der Waals surface area contributed by atoms with Gasteiger partial charge in [-0.1, -0.05) is 19.3 Å². The lowest BCUT2D eigenvalue weighted by Gasteiger charge is -2.48. The molecule has 3 aliphatic rings. The molecule has 3 fully saturated rings. The second-order valence-electron chi connectivity index (χ2n) is 6.80. The van der Waals surface area contributed by atoms with Crippen LogP contribution in [0.5, 0.6) is 0 Å². The first-order valence-corrected chi connectivity index (χ1v) is 8.36. The van der Waals surface area contributed by atoms with E-state index in [-0.39, 0.29) is 16.4 Å². The number of ether oxygens (including phenoxy) is 1. The summed E-state index contributed by atoms with van der Waals surface area (Å²) in [6, 6.07) is -0.661. The third kappa shape index (κ3) is 3.25. The molecular formula is C15H25N3O4. The van der Waals surface area contributed by atoms with Crippen molar-refractivity contribution >= 4 is 5.91 Å². The Labute approximate surface area is 130 Å². The lowest BCUT2D eigenvalue weighted by Crippen LogP contribution is -2.59. The molecule has 1 N–H and O–H groups in total. The van der Waals surface area contributed by atoms with E-state index in [0.717, 1.165) is 39.1 Å². The van der Waals surface area contributed by atoms with Crippen molar-refractivity contribution in [2.45, 2.75) is 50.1 Å². The van der Waals surface area contributed by atoms with Gasteiger partial charge in [0, 0.05) is 36.5 Å². The van der Waals surface area contributed by atoms with Gasteiger partial charge in [0.2, 0.25) is 11.9 Å². The molecule has 0 aromatic heterocycles. The SMILES string of the molecule is O=C(NCC1(N2CCOCC2)CCCCC1)C1CC1[N+](=O)[O-]. The Morgan fingerprint density at radius 3 is 2.55 bits per heavy atom. The molecule has 0 aromatic carbocycles. The smallest absolute Gasteiger partial charge is 0.230 e. The van der Waals surface area contributed by atoms with Crippen LogP contribution in [0.3, 0.4) is 0 Å². The molecule has 1 heterocycles. The van der Waals surface area contributed by atoms with Crippen LogP contribution in [0, 0.1) is 16.0 Å². The minimum Gasteiger partial charge on any atom is -0.379 e. The highest BCUT2D eigenvalue weighted by molar-refractivity contribution is 5.82. The molecule has 7 nitrogen and oxygen atoms in total. The molecule has 1 saturated heterocycles. The third-order valence-corrected chi connectivity index (χ3v) is 5.42. The van der Waals surface area contributed by atoms with Crippen LogP contribution >= 0.6 is 0 Å². The number of rotatable bonds is 5. The van der Waals surface area contributed by atoms with E-state index in [1.165, 1.54) is 19.3 Å². The molecule has 0 aromatic rings. The summed E-state index contributed by atoms with van der Waals surface area (Å²) in [6.45, 7) is 3.95. The summed E-state index contributed by atoms with van der Waals surface area (Å²) < 4.78 is 5.45. The van der Waals surface area contributed by atoms with Crippen molar-refractivity contribution in [3.05, 3.63) is 10.1 Å². The number of morpholine rings is 1. The van der Waals surface area contributed by atoms with Crippen molar-refractivity contribution in [2.75, 3.05) is 32.8 Å². The quantitative estimate of drug-likeness (QED) is 0.600. The first-order chi connectivity index (χ1) is 10.6. The van der Waals surface area contributed by atoms with E-state index in [1.54, 1.807) is 0 Å². The van der Waals surface area contributed by atoms with E-state index in [1.807, 2.05) is 0 Å². The van der Waals surface area contributed by atoms with Crippen molar-refractivity contribution in [3.63, 3.8) is 0 Å². The van der Waals surface area contributed by atoms with Gasteiger partial charge < -0.3 is 10.1 Å². The minimum absolute atomic E-state index is 0.0245. The number of carbonyl (C=O) groups is 1. The maximum atomic E-state index is 12.1. The first-order valence-electron chi connectivity index (χ1n) is 8.36. The summed E-state index contributed by atoms with van der Waals surface area (Å²) in [6.07, 6.45) is 6.21. The Kier molecular flexibility index (Phi) is 4.63. The Bertz CT molecular complexity index is 431. The first kappa shape index (κ1) is 15.7. The van der Waals surface area contributed by atoms with Crippen molar-refractivity contribution in [1.29, 1.82) is 0 Å². The van der Waals surface area contributed by atoms with Gasteiger partial charge in [0.1, 0.15) is 5.92 Å². The molecule has 7 heteroatoms. The van der Waals surface area contributed by atoms with E-state index in [2.05, 4.69) is 10.2 Å². The second kappa shape index (κ2) is 6.50. The van der Waals surface area contributed by atoms with Crippen LogP contribution in [-0.4, -0.2) is 60.2 Å². The predicted molar refractivity (Wildman–Crippen MR) is 80.1 cm³/mol. The standard InChI is InChI=1S/C15H25N3O4/c19-14(12-10-13(12)18(20)21)16-11-15(4-2-1-3-5-15)17-6-8-22-9-7-17/h12-13H,1-11H2,(H,16,19). The van der Waals surface area contributed by atoms with Crippen LogP contribution in [0.1, 0.15) is 38.5 Å². The molecule has 3 rings (SSSR count). The molecular weight excluding hydrogens is 286 g/mol. The van der Waals surface area contributed by atoms with Gasteiger partial charge in [0.15, 0.2) is 0 Å². The topological polar surface area (TPSA) is 84.7 Å². The normalized spacial score (nSPS) is 31.5. The van der Waals surface area contributed by atoms with Gasteiger partial charge in [0.25, 0.3) is 0 Å². The van der Waals surface area contributed by atoms with Crippen LogP contribution in [0.25, 0.3) is 0 Å². The van der Waals surface area contributed by atoms with Gasteiger partial charge in [-0.2, -0.15) is 0 Å². The van der Waals surface area contributed by atoms with Crippen molar-refractivity contribution in [3.8, 4) is 0 Å². The van der Waals surface area contributed by atoms with Crippen molar-refractivity contribution in [2.24, 2.45) is 5.92 Å². The van der Waals surface area contributed by atoms with Gasteiger partial charge >= 0.3 is 0 Å². The molecule has 2 saturated carbocycles. The number of hydrogen-bond donors (Lipinski definition) is 1. The maximum Gasteiger partial charge on any atom is 0.230 e. The van der Waals surface area contributed by atoms with E-state index in [9.17, 15) is 14.9 Å².